The lowest BCUT2D eigenvalue weighted by Crippen LogP contribution is -2.75. The summed E-state index contributed by atoms with van der Waals surface area (Å²) in [5.41, 5.74) is 0. The van der Waals surface area contributed by atoms with E-state index in [0.717, 1.165) is 0 Å². The minimum absolute atomic E-state index is 0.567. The number of aliphatic hydroxyl groups is 1. The number of hydrogen-bond acceptors (Lipinski definition) is 3. The normalized spacial score (nSPS) is 17.5. The van der Waals surface area contributed by atoms with Crippen molar-refractivity contribution in [2.45, 2.75) is 66.7 Å². The highest BCUT2D eigenvalue weighted by molar-refractivity contribution is 5.72. The Balaban J connectivity index is 6.52. The Labute approximate surface area is 175 Å². The zero-order valence-electron chi connectivity index (χ0n) is 15.6. The second-order valence-corrected chi connectivity index (χ2v) is 6.55. The predicted octanol–water partition coefficient (Wildman–Crippen LogP) is 4.42. The van der Waals surface area contributed by atoms with Gasteiger partial charge in [0.2, 0.25) is 0 Å². The highest BCUT2D eigenvalue weighted by Gasteiger charge is 2.95. The van der Waals surface area contributed by atoms with Crippen LogP contribution in [0, 0.1) is 0 Å². The van der Waals surface area contributed by atoms with E-state index in [4.69, 9.17) is 10.2 Å². The van der Waals surface area contributed by atoms with Gasteiger partial charge in [-0.15, -0.1) is 0 Å². The number of hydrogen-bond donors (Lipinski definition) is 3. The van der Waals surface area contributed by atoms with Crippen molar-refractivity contribution in [1.82, 2.24) is 5.32 Å². The van der Waals surface area contributed by atoms with Crippen molar-refractivity contribution in [2.75, 3.05) is 6.54 Å². The molecule has 204 valence electrons. The molecule has 0 saturated carbocycles. The molecule has 0 bridgehead atoms. The van der Waals surface area contributed by atoms with Gasteiger partial charge in [0, 0.05) is 6.54 Å². The van der Waals surface area contributed by atoms with Crippen LogP contribution in [0.1, 0.15) is 6.92 Å². The third-order valence-corrected chi connectivity index (χ3v) is 4.15. The van der Waals surface area contributed by atoms with Crippen LogP contribution in [0.15, 0.2) is 0 Å². The third kappa shape index (κ3) is 4.43. The number of aliphatic carboxylic acids is 1. The van der Waals surface area contributed by atoms with Gasteiger partial charge in [0.15, 0.2) is 0 Å². The Bertz CT molecular complexity index is 747. The van der Waals surface area contributed by atoms with Gasteiger partial charge in [-0.25, -0.2) is 0 Å². The molecular formula is C13H10F17NO3. The topological polar surface area (TPSA) is 69.6 Å². The molecule has 0 heterocycles. The largest absolute Gasteiger partial charge is 0.480 e. The van der Waals surface area contributed by atoms with Crippen molar-refractivity contribution in [3.8, 4) is 0 Å². The van der Waals surface area contributed by atoms with Gasteiger partial charge in [0.1, 0.15) is 12.1 Å². The first kappa shape index (κ1) is 32.2. The van der Waals surface area contributed by atoms with Gasteiger partial charge in [-0.1, -0.05) is 0 Å². The lowest BCUT2D eigenvalue weighted by Gasteiger charge is -2.43. The van der Waals surface area contributed by atoms with E-state index in [1.807, 2.05) is 0 Å². The quantitative estimate of drug-likeness (QED) is 0.333. The van der Waals surface area contributed by atoms with E-state index < -0.39 is 72.3 Å². The molecule has 3 N–H and O–H groups in total. The summed E-state index contributed by atoms with van der Waals surface area (Å²) in [6, 6.07) is -2.02. The maximum absolute atomic E-state index is 13.6. The summed E-state index contributed by atoms with van der Waals surface area (Å²) < 4.78 is 222. The van der Waals surface area contributed by atoms with Crippen LogP contribution in [-0.4, -0.2) is 82.5 Å². The second-order valence-electron chi connectivity index (χ2n) is 6.55. The van der Waals surface area contributed by atoms with Gasteiger partial charge in [0.05, 0.1) is 0 Å². The molecule has 0 saturated heterocycles. The fourth-order valence-electron chi connectivity index (χ4n) is 1.89. The average molecular weight is 551 g/mol. The number of alkyl halides is 17. The van der Waals surface area contributed by atoms with E-state index >= 15 is 0 Å². The molecule has 0 aliphatic rings. The van der Waals surface area contributed by atoms with Crippen LogP contribution in [0.2, 0.25) is 0 Å². The van der Waals surface area contributed by atoms with Crippen molar-refractivity contribution < 1.29 is 89.6 Å². The maximum Gasteiger partial charge on any atom is 0.460 e. The Hall–Kier alpha value is -1.80. The van der Waals surface area contributed by atoms with Crippen LogP contribution >= 0.6 is 0 Å². The first-order chi connectivity index (χ1) is 14.5. The molecule has 2 atom stereocenters. The molecule has 0 aromatic carbocycles. The molecule has 0 aliphatic carbocycles. The minimum Gasteiger partial charge on any atom is -0.480 e. The molecular weight excluding hydrogens is 541 g/mol. The number of nitrogens with one attached hydrogen (secondary N) is 1. The third-order valence-electron chi connectivity index (χ3n) is 4.15. The first-order valence-electron chi connectivity index (χ1n) is 7.85. The summed E-state index contributed by atoms with van der Waals surface area (Å²) >= 11 is 0. The van der Waals surface area contributed by atoms with Crippen LogP contribution in [0.4, 0.5) is 74.6 Å². The summed E-state index contributed by atoms with van der Waals surface area (Å²) in [6.07, 6.45) is -12.2. The van der Waals surface area contributed by atoms with Crippen molar-refractivity contribution in [3.63, 3.8) is 0 Å². The smallest absolute Gasteiger partial charge is 0.460 e. The molecule has 0 fully saturated rings. The van der Waals surface area contributed by atoms with Crippen molar-refractivity contribution >= 4 is 5.97 Å². The number of rotatable bonds is 11. The molecule has 0 amide bonds. The lowest BCUT2D eigenvalue weighted by atomic mass is 9.87. The van der Waals surface area contributed by atoms with E-state index in [1.54, 1.807) is 0 Å². The van der Waals surface area contributed by atoms with Crippen LogP contribution in [-0.2, 0) is 4.79 Å². The summed E-state index contributed by atoms with van der Waals surface area (Å²) in [5.74, 6) is -59.9. The highest BCUT2D eigenvalue weighted by atomic mass is 19.4. The van der Waals surface area contributed by atoms with Crippen LogP contribution in [0.3, 0.4) is 0 Å². The van der Waals surface area contributed by atoms with Crippen molar-refractivity contribution in [3.05, 3.63) is 0 Å². The maximum atomic E-state index is 13.6. The minimum atomic E-state index is -8.76. The molecule has 0 spiro atoms. The highest BCUT2D eigenvalue weighted by Crippen LogP contribution is 2.64. The van der Waals surface area contributed by atoms with E-state index in [2.05, 4.69) is 0 Å². The summed E-state index contributed by atoms with van der Waals surface area (Å²) in [6.45, 7) is -1.60. The average Bonchev–Trinajstić information content (AvgIpc) is 2.63. The van der Waals surface area contributed by atoms with Crippen molar-refractivity contribution in [1.29, 1.82) is 0 Å². The van der Waals surface area contributed by atoms with E-state index in [9.17, 15) is 79.4 Å². The molecule has 0 aromatic rings. The Morgan fingerprint density at radius 2 is 0.941 bits per heavy atom. The fraction of sp³-hybridized carbons (Fsp3) is 0.923. The molecule has 0 unspecified atom stereocenters. The summed E-state index contributed by atoms with van der Waals surface area (Å²) in [7, 11) is 0. The lowest BCUT2D eigenvalue weighted by molar-refractivity contribution is -0.464. The zero-order chi connectivity index (χ0) is 28.1. The Morgan fingerprint density at radius 3 is 1.24 bits per heavy atom. The molecule has 21 heteroatoms. The number of halogens is 17. The number of carboxylic acids is 1. The van der Waals surface area contributed by atoms with E-state index in [-0.39, 0.29) is 0 Å². The zero-order valence-corrected chi connectivity index (χ0v) is 15.6. The fourth-order valence-corrected chi connectivity index (χ4v) is 1.89. The van der Waals surface area contributed by atoms with E-state index in [0.29, 0.717) is 6.92 Å². The Kier molecular flexibility index (Phi) is 8.24. The van der Waals surface area contributed by atoms with Gasteiger partial charge in [-0.2, -0.15) is 74.6 Å². The summed E-state index contributed by atoms with van der Waals surface area (Å²) in [4.78, 5) is 10.4. The van der Waals surface area contributed by atoms with Crippen LogP contribution in [0.25, 0.3) is 0 Å². The molecule has 34 heavy (non-hydrogen) atoms. The molecule has 0 aliphatic heterocycles. The molecule has 0 radical (unpaired) electrons. The standard InChI is InChI=1S/C13H10F17NO3/c1-3(5(33)34)31-2-4(32)6(14,15)7(16,17)8(18,19)9(20,21)10(22,23)11(24,25)12(26,27)13(28,29)30/h3-4,31-32H,2H2,1H3,(H,33,34)/t3-,4-/m0/s1. The molecule has 0 rings (SSSR count). The van der Waals surface area contributed by atoms with E-state index in [1.165, 1.54) is 5.32 Å². The number of carboxylic acid groups (broad SMARTS) is 1. The summed E-state index contributed by atoms with van der Waals surface area (Å²) in [5, 5.41) is 18.5. The van der Waals surface area contributed by atoms with Gasteiger partial charge in [-0.3, -0.25) is 4.79 Å². The number of aliphatic hydroxyl groups excluding tert-OH is 1. The molecule has 0 aromatic heterocycles. The van der Waals surface area contributed by atoms with Gasteiger partial charge < -0.3 is 15.5 Å². The monoisotopic (exact) mass is 551 g/mol. The first-order valence-corrected chi connectivity index (χ1v) is 7.85. The van der Waals surface area contributed by atoms with Gasteiger partial charge >= 0.3 is 53.6 Å². The molecule has 4 nitrogen and oxygen atoms in total. The van der Waals surface area contributed by atoms with Crippen LogP contribution < -0.4 is 5.32 Å². The van der Waals surface area contributed by atoms with Crippen LogP contribution in [0.5, 0.6) is 0 Å². The number of carbonyl (C=O) groups is 1. The second kappa shape index (κ2) is 8.70. The van der Waals surface area contributed by atoms with Gasteiger partial charge in [-0.05, 0) is 6.92 Å². The van der Waals surface area contributed by atoms with Crippen molar-refractivity contribution in [2.24, 2.45) is 0 Å². The van der Waals surface area contributed by atoms with Gasteiger partial charge in [0.25, 0.3) is 0 Å². The Morgan fingerprint density at radius 1 is 0.647 bits per heavy atom. The SMILES string of the molecule is C[C@H](NC[C@H](O)C(F)(F)C(F)(F)C(F)(F)C(F)(F)C(F)(F)C(F)(F)C(F)(F)C(F)(F)F)C(=O)O. The predicted molar refractivity (Wildman–Crippen MR) is 71.8 cm³/mol.